The highest BCUT2D eigenvalue weighted by atomic mass is 32.2. The Morgan fingerprint density at radius 3 is 2.25 bits per heavy atom. The van der Waals surface area contributed by atoms with Crippen LogP contribution in [0.25, 0.3) is 11.1 Å². The van der Waals surface area contributed by atoms with Gasteiger partial charge >= 0.3 is 0 Å². The fourth-order valence-corrected chi connectivity index (χ4v) is 7.41. The van der Waals surface area contributed by atoms with Crippen LogP contribution in [0, 0.1) is 11.3 Å². The minimum atomic E-state index is -3.63. The molecule has 5 rings (SSSR count). The monoisotopic (exact) mass is 679 g/mol. The van der Waals surface area contributed by atoms with Crippen LogP contribution in [0.1, 0.15) is 45.0 Å². The molecule has 2 unspecified atom stereocenters. The smallest absolute Gasteiger partial charge is 0.249 e. The number of piperidine rings is 1. The number of rotatable bonds is 12. The Morgan fingerprint density at radius 1 is 0.958 bits per heavy atom. The fourth-order valence-electron chi connectivity index (χ4n) is 5.94. The van der Waals surface area contributed by atoms with Gasteiger partial charge in [-0.1, -0.05) is 68.4 Å². The molecule has 258 valence electrons. The van der Waals surface area contributed by atoms with E-state index in [0.29, 0.717) is 44.8 Å². The molecule has 11 nitrogen and oxygen atoms in total. The molecule has 2 heterocycles. The Hall–Kier alpha value is -3.81. The third-order valence-corrected chi connectivity index (χ3v) is 10.9. The molecule has 0 saturated carbocycles. The fraction of sp³-hybridized carbons (Fsp3) is 0.444. The van der Waals surface area contributed by atoms with E-state index in [1.54, 1.807) is 31.4 Å². The Kier molecular flexibility index (Phi) is 11.5. The molecule has 0 aliphatic carbocycles. The quantitative estimate of drug-likeness (QED) is 0.262. The summed E-state index contributed by atoms with van der Waals surface area (Å²) in [5, 5.41) is 16.0. The molecule has 2 aliphatic rings. The molecule has 3 aromatic carbocycles. The zero-order valence-corrected chi connectivity index (χ0v) is 28.4. The van der Waals surface area contributed by atoms with Gasteiger partial charge in [0.1, 0.15) is 18.0 Å². The number of carbonyl (C=O) groups is 2. The molecule has 48 heavy (non-hydrogen) atoms. The molecule has 2 amide bonds. The summed E-state index contributed by atoms with van der Waals surface area (Å²) in [5.41, 5.74) is 2.14. The van der Waals surface area contributed by atoms with Gasteiger partial charge in [-0.15, -0.1) is 0 Å². The number of sulfonamides is 1. The molecule has 3 atom stereocenters. The maximum Gasteiger partial charge on any atom is 0.249 e. The van der Waals surface area contributed by atoms with E-state index >= 15 is 0 Å². The van der Waals surface area contributed by atoms with Gasteiger partial charge in [-0.25, -0.2) is 8.42 Å². The van der Waals surface area contributed by atoms with Crippen LogP contribution in [0.2, 0.25) is 0 Å². The highest BCUT2D eigenvalue weighted by Gasteiger charge is 2.43. The van der Waals surface area contributed by atoms with E-state index in [9.17, 15) is 23.1 Å². The second-order valence-corrected chi connectivity index (χ2v) is 14.9. The average Bonchev–Trinajstić information content (AvgIpc) is 3.11. The lowest BCUT2D eigenvalue weighted by atomic mass is 9.85. The van der Waals surface area contributed by atoms with Gasteiger partial charge in [-0.3, -0.25) is 9.59 Å². The van der Waals surface area contributed by atoms with Crippen LogP contribution >= 0.6 is 0 Å². The summed E-state index contributed by atoms with van der Waals surface area (Å²) in [6.07, 6.45) is -1.61. The topological polar surface area (TPSA) is 144 Å². The Bertz CT molecular complexity index is 1620. The van der Waals surface area contributed by atoms with Gasteiger partial charge in [-0.2, -0.15) is 4.31 Å². The van der Waals surface area contributed by atoms with E-state index in [4.69, 9.17) is 14.2 Å². The van der Waals surface area contributed by atoms with Crippen molar-refractivity contribution in [3.63, 3.8) is 0 Å². The maximum atomic E-state index is 13.3. The Labute approximate surface area is 282 Å². The van der Waals surface area contributed by atoms with E-state index in [1.165, 1.54) is 4.31 Å². The molecule has 3 aromatic rings. The van der Waals surface area contributed by atoms with E-state index in [0.717, 1.165) is 16.7 Å². The minimum absolute atomic E-state index is 0.0306. The van der Waals surface area contributed by atoms with Crippen molar-refractivity contribution in [3.05, 3.63) is 84.4 Å². The summed E-state index contributed by atoms with van der Waals surface area (Å²) in [6.45, 7) is 5.18. The van der Waals surface area contributed by atoms with Gasteiger partial charge in [0.15, 0.2) is 6.29 Å². The van der Waals surface area contributed by atoms with Gasteiger partial charge < -0.3 is 30.0 Å². The summed E-state index contributed by atoms with van der Waals surface area (Å²) in [6, 6.07) is 23.9. The SMILES string of the molecule is COc1ccc([C@@H]2OCC(C)(C)C(C(=O)NCCC(O)C(=O)NCC3CCN(S(=O)(=O)c4ccc(-c5ccccc5)cc4)CC3)O2)cc1. The van der Waals surface area contributed by atoms with E-state index in [2.05, 4.69) is 10.6 Å². The highest BCUT2D eigenvalue weighted by molar-refractivity contribution is 7.89. The lowest BCUT2D eigenvalue weighted by Crippen LogP contribution is -2.52. The first kappa shape index (κ1) is 35.5. The second-order valence-electron chi connectivity index (χ2n) is 13.0. The van der Waals surface area contributed by atoms with Crippen LogP contribution in [-0.2, 0) is 29.1 Å². The Morgan fingerprint density at radius 2 is 1.60 bits per heavy atom. The van der Waals surface area contributed by atoms with Gasteiger partial charge in [0.25, 0.3) is 0 Å². The van der Waals surface area contributed by atoms with Crippen molar-refractivity contribution < 1.29 is 37.3 Å². The van der Waals surface area contributed by atoms with Crippen LogP contribution in [0.15, 0.2) is 83.8 Å². The standard InChI is InChI=1S/C36H45N3O8S/c1-36(2)24-46-35(28-9-13-29(45-3)14-10-28)47-32(36)34(42)37-20-17-31(40)33(41)38-23-25-18-21-39(22-19-25)48(43,44)30-15-11-27(12-16-30)26-7-5-4-6-8-26/h4-16,25,31-32,35,40H,17-24H2,1-3H3,(H,37,42)(H,38,41)/t31?,32?,35-/m1/s1. The molecular weight excluding hydrogens is 634 g/mol. The molecule has 0 spiro atoms. The predicted molar refractivity (Wildman–Crippen MR) is 180 cm³/mol. The zero-order valence-electron chi connectivity index (χ0n) is 27.6. The molecule has 2 aliphatic heterocycles. The molecule has 12 heteroatoms. The van der Waals surface area contributed by atoms with Crippen molar-refractivity contribution in [2.75, 3.05) is 39.9 Å². The van der Waals surface area contributed by atoms with E-state index in [1.807, 2.05) is 68.4 Å². The second kappa shape index (κ2) is 15.6. The predicted octanol–water partition coefficient (Wildman–Crippen LogP) is 3.89. The third-order valence-electron chi connectivity index (χ3n) is 8.96. The van der Waals surface area contributed by atoms with Gasteiger partial charge in [0.2, 0.25) is 21.8 Å². The largest absolute Gasteiger partial charge is 0.497 e. The van der Waals surface area contributed by atoms with Gasteiger partial charge in [0.05, 0.1) is 18.6 Å². The summed E-state index contributed by atoms with van der Waals surface area (Å²) < 4.78 is 45.1. The van der Waals surface area contributed by atoms with E-state index < -0.39 is 39.8 Å². The number of nitrogens with zero attached hydrogens (tertiary/aromatic N) is 1. The van der Waals surface area contributed by atoms with Crippen molar-refractivity contribution >= 4 is 21.8 Å². The summed E-state index contributed by atoms with van der Waals surface area (Å²) in [7, 11) is -2.05. The molecule has 2 saturated heterocycles. The normalized spacial score (nSPS) is 20.8. The van der Waals surface area contributed by atoms with Crippen LogP contribution in [0.3, 0.4) is 0 Å². The van der Waals surface area contributed by atoms with Crippen LogP contribution in [0.4, 0.5) is 0 Å². The summed E-state index contributed by atoms with van der Waals surface area (Å²) in [4.78, 5) is 26.0. The summed E-state index contributed by atoms with van der Waals surface area (Å²) in [5.74, 6) is -0.0906. The molecule has 3 N–H and O–H groups in total. The number of hydrogen-bond donors (Lipinski definition) is 3. The lowest BCUT2D eigenvalue weighted by molar-refractivity contribution is -0.258. The van der Waals surface area contributed by atoms with Crippen LogP contribution in [-0.4, -0.2) is 81.7 Å². The third kappa shape index (κ3) is 8.61. The van der Waals surface area contributed by atoms with Gasteiger partial charge in [0, 0.05) is 37.2 Å². The maximum absolute atomic E-state index is 13.3. The molecular formula is C36H45N3O8S. The summed E-state index contributed by atoms with van der Waals surface area (Å²) >= 11 is 0. The lowest BCUT2D eigenvalue weighted by Gasteiger charge is -2.41. The Balaban J connectivity index is 1.03. The minimum Gasteiger partial charge on any atom is -0.497 e. The van der Waals surface area contributed by atoms with Crippen molar-refractivity contribution in [3.8, 4) is 16.9 Å². The van der Waals surface area contributed by atoms with Crippen molar-refractivity contribution in [1.29, 1.82) is 0 Å². The number of ether oxygens (including phenoxy) is 3. The zero-order chi connectivity index (χ0) is 34.3. The number of hydrogen-bond acceptors (Lipinski definition) is 8. The number of aliphatic hydroxyl groups is 1. The first-order valence-electron chi connectivity index (χ1n) is 16.3. The molecule has 0 radical (unpaired) electrons. The molecule has 2 fully saturated rings. The number of carbonyl (C=O) groups excluding carboxylic acids is 2. The van der Waals surface area contributed by atoms with Crippen LogP contribution in [0.5, 0.6) is 5.75 Å². The molecule has 0 bridgehead atoms. The van der Waals surface area contributed by atoms with Crippen molar-refractivity contribution in [2.24, 2.45) is 11.3 Å². The van der Waals surface area contributed by atoms with Crippen molar-refractivity contribution in [2.45, 2.75) is 56.5 Å². The van der Waals surface area contributed by atoms with Crippen LogP contribution < -0.4 is 15.4 Å². The number of benzene rings is 3. The molecule has 0 aromatic heterocycles. The van der Waals surface area contributed by atoms with Gasteiger partial charge in [-0.05, 0) is 60.6 Å². The number of nitrogens with one attached hydrogen (secondary N) is 2. The first-order valence-corrected chi connectivity index (χ1v) is 17.7. The van der Waals surface area contributed by atoms with Crippen molar-refractivity contribution in [1.82, 2.24) is 14.9 Å². The number of amides is 2. The van der Waals surface area contributed by atoms with E-state index in [-0.39, 0.29) is 29.7 Å². The number of aliphatic hydroxyl groups excluding tert-OH is 1. The highest BCUT2D eigenvalue weighted by Crippen LogP contribution is 2.37. The number of methoxy groups -OCH3 is 1. The first-order chi connectivity index (χ1) is 23.0. The average molecular weight is 680 g/mol.